The van der Waals surface area contributed by atoms with Crippen molar-refractivity contribution >= 4 is 0 Å². The molecule has 0 fully saturated rings. The Kier molecular flexibility index (Phi) is 28.7. The van der Waals surface area contributed by atoms with Crippen LogP contribution in [-0.4, -0.2) is 109 Å². The standard InChI is InChI=1S/C35H33N6O.C32H35N6O.C28H29N7O.3Pt/c1-22(2)29-19-28(25-12-7-6-8-13-25)20-30(23(3)4)33(29)41-35(36-21-37-41)27-15-11-14-26(18-27)34-38-24(5)40(39-34)31-16-9-10-17-32(31)42;1-19(2)25-16-26(20(3)4)30(27(17-25)21(5)6)38-32(33-18-34-38)24-12-10-11-23(15-24)31-35-22(7)37(36-31)28-13-8-9-14-29(28)39;1-17(2)20-10-8-11-21(18(3)4)26(20)35-28(29-16-30-35)23-13-9-12-22(32-23)27-31-19(5)34(33-27)24-14-6-7-15-25(24)36;;;/h6-17,19-23,42H,1-5H3;8-14,16-21,39H,1-7H3;6-18,36H,1-5H3;;;/q2*-1;;;;. The summed E-state index contributed by atoms with van der Waals surface area (Å²) in [4.78, 5) is 32.8. The number of phenols is 3. The second-order valence-electron chi connectivity index (χ2n) is 31.3. The van der Waals surface area contributed by atoms with Crippen LogP contribution < -0.4 is 0 Å². The second-order valence-corrected chi connectivity index (χ2v) is 31.3. The van der Waals surface area contributed by atoms with Gasteiger partial charge in [-0.3, -0.25) is 19.9 Å². The molecule has 25 heteroatoms. The minimum Gasteiger partial charge on any atom is -0.506 e. The normalized spacial score (nSPS) is 11.3. The van der Waals surface area contributed by atoms with Gasteiger partial charge in [-0.15, -0.1) is 53.6 Å². The first-order chi connectivity index (χ1) is 56.3. The van der Waals surface area contributed by atoms with Gasteiger partial charge in [-0.25, -0.2) is 43.0 Å². The van der Waals surface area contributed by atoms with Gasteiger partial charge in [-0.2, -0.15) is 25.5 Å². The summed E-state index contributed by atoms with van der Waals surface area (Å²) in [6, 6.07) is 71.8. The number of pyridine rings is 1. The van der Waals surface area contributed by atoms with E-state index in [0.717, 1.165) is 45.1 Å². The molecule has 622 valence electrons. The molecule has 0 aliphatic carbocycles. The summed E-state index contributed by atoms with van der Waals surface area (Å²) in [6.45, 7) is 36.6. The first-order valence-electron chi connectivity index (χ1n) is 39.8. The average molecular weight is 2140 g/mol. The molecule has 0 bridgehead atoms. The number of nitrogens with zero attached hydrogens (tertiary/aromatic N) is 19. The Morgan fingerprint density at radius 1 is 0.283 bits per heavy atom. The van der Waals surface area contributed by atoms with Crippen molar-refractivity contribution in [3.63, 3.8) is 0 Å². The Balaban J connectivity index is 0.000000174. The zero-order valence-corrected chi connectivity index (χ0v) is 76.9. The van der Waals surface area contributed by atoms with E-state index < -0.39 is 0 Å². The van der Waals surface area contributed by atoms with Crippen LogP contribution in [0, 0.1) is 32.9 Å². The largest absolute Gasteiger partial charge is 0.506 e. The van der Waals surface area contributed by atoms with Crippen LogP contribution in [0.4, 0.5) is 0 Å². The van der Waals surface area contributed by atoms with Crippen LogP contribution in [0.25, 0.3) is 114 Å². The number of benzene rings is 9. The number of phenolic OH excluding ortho intramolecular Hbond substituents is 3. The Hall–Kier alpha value is -11.6. The van der Waals surface area contributed by atoms with E-state index in [1.165, 1.54) is 50.1 Å². The summed E-state index contributed by atoms with van der Waals surface area (Å²) in [5, 5.41) is 59.1. The van der Waals surface area contributed by atoms with Gasteiger partial charge in [0.25, 0.3) is 0 Å². The molecule has 7 heterocycles. The number of para-hydroxylation sites is 7. The first kappa shape index (κ1) is 89.2. The predicted octanol–water partition coefficient (Wildman–Crippen LogP) is 21.1. The SMILES string of the molecule is Cc1nc(-c2[c-]c(-c3ncnn3-c3c(C(C)C)cc(-c4ccccc4)cc3C(C)C)ccc2)nn1-c1ccccc1O.Cc1nc(-c2[c-]c(-c3ncnn3-c3c(C(C)C)cc(C(C)C)cc3C(C)C)ccc2)nn1-c1ccccc1O.Cc1nc(-c2cccc(-c3ncnn3-c3c(C(C)C)cccc3C(C)C)n2)nn1-c1ccccc1O.[Pt].[Pt].[Pt]. The summed E-state index contributed by atoms with van der Waals surface area (Å²) in [5.41, 5.74) is 20.4. The van der Waals surface area contributed by atoms with Gasteiger partial charge in [-0.1, -0.05) is 222 Å². The third kappa shape index (κ3) is 18.7. The molecule has 0 unspecified atom stereocenters. The van der Waals surface area contributed by atoms with Gasteiger partial charge in [-0.05, 0) is 173 Å². The number of hydrogen-bond donors (Lipinski definition) is 3. The number of aryl methyl sites for hydroxylation is 3. The molecule has 0 amide bonds. The number of rotatable bonds is 20. The number of aromatic hydroxyl groups is 3. The molecule has 7 aromatic heterocycles. The van der Waals surface area contributed by atoms with E-state index in [1.807, 2.05) is 126 Å². The fraction of sp³-hybridized carbons (Fsp3) is 0.253. The molecule has 0 radical (unpaired) electrons. The number of aromatic nitrogens is 19. The quantitative estimate of drug-likeness (QED) is 0.0599. The second kappa shape index (κ2) is 38.7. The van der Waals surface area contributed by atoms with E-state index in [-0.39, 0.29) is 92.3 Å². The molecule has 120 heavy (non-hydrogen) atoms. The molecule has 0 saturated heterocycles. The van der Waals surface area contributed by atoms with Gasteiger partial charge in [0.05, 0.1) is 28.7 Å². The van der Waals surface area contributed by atoms with Gasteiger partial charge in [0.15, 0.2) is 11.6 Å². The fourth-order valence-electron chi connectivity index (χ4n) is 14.5. The third-order valence-electron chi connectivity index (χ3n) is 20.6. The van der Waals surface area contributed by atoms with Crippen molar-refractivity contribution < 1.29 is 78.5 Å². The maximum Gasteiger partial charge on any atom is 0.200 e. The summed E-state index contributed by atoms with van der Waals surface area (Å²) in [7, 11) is 0. The Labute approximate surface area is 744 Å². The van der Waals surface area contributed by atoms with Crippen molar-refractivity contribution in [2.45, 2.75) is 159 Å². The summed E-state index contributed by atoms with van der Waals surface area (Å²) < 4.78 is 10.7. The van der Waals surface area contributed by atoms with Crippen molar-refractivity contribution in [3.8, 4) is 131 Å². The van der Waals surface area contributed by atoms with Crippen LogP contribution >= 0.6 is 0 Å². The molecule has 0 aliphatic rings. The molecule has 22 nitrogen and oxygen atoms in total. The first-order valence-corrected chi connectivity index (χ1v) is 39.8. The smallest absolute Gasteiger partial charge is 0.200 e. The van der Waals surface area contributed by atoms with E-state index >= 15 is 0 Å². The van der Waals surface area contributed by atoms with Gasteiger partial charge in [0, 0.05) is 63.2 Å². The van der Waals surface area contributed by atoms with Crippen molar-refractivity contribution in [2.75, 3.05) is 0 Å². The maximum atomic E-state index is 10.4. The van der Waals surface area contributed by atoms with Crippen LogP contribution in [0.3, 0.4) is 0 Å². The van der Waals surface area contributed by atoms with Gasteiger partial charge in [0.1, 0.15) is 93.8 Å². The predicted molar refractivity (Wildman–Crippen MR) is 460 cm³/mol. The number of hydrogen-bond acceptors (Lipinski definition) is 16. The Morgan fingerprint density at radius 3 is 1.01 bits per heavy atom. The minimum absolute atomic E-state index is 0. The zero-order valence-electron chi connectivity index (χ0n) is 70.1. The molecule has 0 saturated carbocycles. The minimum atomic E-state index is 0. The summed E-state index contributed by atoms with van der Waals surface area (Å²) in [6.07, 6.45) is 4.78. The van der Waals surface area contributed by atoms with E-state index in [1.54, 1.807) is 75.5 Å². The average Bonchev–Trinajstić information content (AvgIpc) is 1.41. The molecule has 16 aromatic rings. The molecule has 3 N–H and O–H groups in total. The van der Waals surface area contributed by atoms with E-state index in [0.29, 0.717) is 105 Å². The van der Waals surface area contributed by atoms with Crippen molar-refractivity contribution in [1.29, 1.82) is 0 Å². The Bertz CT molecular complexity index is 6140. The summed E-state index contributed by atoms with van der Waals surface area (Å²) >= 11 is 0. The van der Waals surface area contributed by atoms with Crippen LogP contribution in [0.1, 0.15) is 195 Å². The van der Waals surface area contributed by atoms with Crippen LogP contribution in [0.15, 0.2) is 219 Å². The molecule has 9 aromatic carbocycles. The monoisotopic (exact) mass is 2140 g/mol. The molecule has 16 rings (SSSR count). The molecular formula is C95H97N19O3Pt3-2. The molecule has 0 atom stereocenters. The van der Waals surface area contributed by atoms with Crippen molar-refractivity contribution in [3.05, 3.63) is 288 Å². The molecule has 0 spiro atoms. The fourth-order valence-corrected chi connectivity index (χ4v) is 14.5. The molecular weight excluding hydrogens is 2040 g/mol. The van der Waals surface area contributed by atoms with E-state index in [9.17, 15) is 15.3 Å². The summed E-state index contributed by atoms with van der Waals surface area (Å²) in [5.74, 6) is 8.21. The van der Waals surface area contributed by atoms with Crippen molar-refractivity contribution in [2.24, 2.45) is 0 Å². The van der Waals surface area contributed by atoms with Gasteiger partial charge >= 0.3 is 0 Å². The van der Waals surface area contributed by atoms with E-state index in [4.69, 9.17) is 25.3 Å². The van der Waals surface area contributed by atoms with Crippen LogP contribution in [0.5, 0.6) is 17.2 Å². The molecule has 0 aliphatic heterocycles. The van der Waals surface area contributed by atoms with E-state index in [2.05, 4.69) is 216 Å². The maximum absolute atomic E-state index is 10.4. The van der Waals surface area contributed by atoms with Crippen molar-refractivity contribution in [1.82, 2.24) is 93.6 Å². The zero-order chi connectivity index (χ0) is 82.6. The third-order valence-corrected chi connectivity index (χ3v) is 20.6. The van der Waals surface area contributed by atoms with Gasteiger partial charge < -0.3 is 15.3 Å². The van der Waals surface area contributed by atoms with Crippen LogP contribution in [0.2, 0.25) is 0 Å². The topological polar surface area (TPSA) is 258 Å². The Morgan fingerprint density at radius 2 is 0.608 bits per heavy atom. The van der Waals surface area contributed by atoms with Crippen LogP contribution in [-0.2, 0) is 63.2 Å². The van der Waals surface area contributed by atoms with Gasteiger partial charge in [0.2, 0.25) is 0 Å².